The fourth-order valence-corrected chi connectivity index (χ4v) is 3.45. The molecule has 2 aromatic carbocycles. The van der Waals surface area contributed by atoms with E-state index >= 15 is 0 Å². The summed E-state index contributed by atoms with van der Waals surface area (Å²) >= 11 is 6.17. The molecular formula is C19H17ClN4O4. The minimum absolute atomic E-state index is 0.415. The number of anilines is 2. The predicted octanol–water partition coefficient (Wildman–Crippen LogP) is 3.16. The van der Waals surface area contributed by atoms with Crippen LogP contribution in [0.25, 0.3) is 0 Å². The molecule has 0 bridgehead atoms. The first-order chi connectivity index (χ1) is 13.4. The van der Waals surface area contributed by atoms with Gasteiger partial charge in [0.1, 0.15) is 11.5 Å². The number of imide groups is 1. The van der Waals surface area contributed by atoms with Crippen LogP contribution in [0.2, 0.25) is 5.02 Å². The summed E-state index contributed by atoms with van der Waals surface area (Å²) in [7, 11) is 3.06. The van der Waals surface area contributed by atoms with Gasteiger partial charge in [-0.1, -0.05) is 22.9 Å². The number of rotatable bonds is 4. The molecule has 2 aliphatic heterocycles. The third kappa shape index (κ3) is 2.77. The summed E-state index contributed by atoms with van der Waals surface area (Å²) in [4.78, 5) is 27.1. The van der Waals surface area contributed by atoms with Crippen molar-refractivity contribution in [3.05, 3.63) is 47.0 Å². The van der Waals surface area contributed by atoms with Crippen LogP contribution < -0.4 is 19.4 Å². The van der Waals surface area contributed by atoms with Crippen molar-refractivity contribution in [3.63, 3.8) is 0 Å². The Kier molecular flexibility index (Phi) is 4.43. The number of ether oxygens (including phenoxy) is 2. The lowest BCUT2D eigenvalue weighted by molar-refractivity contribution is -0.121. The van der Waals surface area contributed by atoms with Gasteiger partial charge in [-0.25, -0.2) is 9.91 Å². The van der Waals surface area contributed by atoms with Gasteiger partial charge in [-0.2, -0.15) is 5.11 Å². The summed E-state index contributed by atoms with van der Waals surface area (Å²) in [5.74, 6) is 0.219. The van der Waals surface area contributed by atoms with E-state index in [9.17, 15) is 9.59 Å². The first-order valence-electron chi connectivity index (χ1n) is 8.51. The zero-order valence-corrected chi connectivity index (χ0v) is 16.2. The second kappa shape index (κ2) is 6.79. The highest BCUT2D eigenvalue weighted by Crippen LogP contribution is 2.38. The molecule has 28 heavy (non-hydrogen) atoms. The van der Waals surface area contributed by atoms with E-state index in [1.165, 1.54) is 19.2 Å². The van der Waals surface area contributed by atoms with Crippen molar-refractivity contribution in [2.45, 2.75) is 19.0 Å². The Hall–Kier alpha value is -3.13. The first-order valence-corrected chi connectivity index (χ1v) is 8.89. The maximum absolute atomic E-state index is 13.1. The summed E-state index contributed by atoms with van der Waals surface area (Å²) in [6, 6.07) is 8.38. The number of fused-ring (bicyclic) bond motifs is 1. The lowest BCUT2D eigenvalue weighted by atomic mass is 10.1. The van der Waals surface area contributed by atoms with Crippen molar-refractivity contribution in [2.24, 2.45) is 10.3 Å². The Labute approximate surface area is 166 Å². The molecule has 0 aromatic heterocycles. The van der Waals surface area contributed by atoms with Crippen LogP contribution in [-0.4, -0.2) is 38.1 Å². The van der Waals surface area contributed by atoms with Crippen LogP contribution in [0.15, 0.2) is 46.7 Å². The fourth-order valence-electron chi connectivity index (χ4n) is 3.27. The third-order valence-electron chi connectivity index (χ3n) is 4.80. The van der Waals surface area contributed by atoms with Crippen LogP contribution in [0.1, 0.15) is 5.56 Å². The van der Waals surface area contributed by atoms with E-state index in [0.717, 1.165) is 10.5 Å². The molecule has 4 rings (SSSR count). The average Bonchev–Trinajstić information content (AvgIpc) is 3.24. The van der Waals surface area contributed by atoms with Gasteiger partial charge in [0, 0.05) is 23.2 Å². The molecule has 2 amide bonds. The minimum atomic E-state index is -0.912. The summed E-state index contributed by atoms with van der Waals surface area (Å²) < 4.78 is 10.6. The molecule has 0 aliphatic carbocycles. The molecule has 144 valence electrons. The van der Waals surface area contributed by atoms with Crippen molar-refractivity contribution in [3.8, 4) is 11.5 Å². The third-order valence-corrected chi connectivity index (χ3v) is 5.20. The lowest BCUT2D eigenvalue weighted by Gasteiger charge is -2.21. The number of nitrogens with zero attached hydrogens (tertiary/aromatic N) is 4. The number of benzene rings is 2. The van der Waals surface area contributed by atoms with E-state index in [-0.39, 0.29) is 0 Å². The molecule has 0 N–H and O–H groups in total. The fraction of sp³-hybridized carbons (Fsp3) is 0.263. The van der Waals surface area contributed by atoms with Crippen molar-refractivity contribution < 1.29 is 19.1 Å². The van der Waals surface area contributed by atoms with Crippen LogP contribution >= 0.6 is 11.6 Å². The molecule has 1 fully saturated rings. The van der Waals surface area contributed by atoms with Crippen LogP contribution in [-0.2, 0) is 9.59 Å². The van der Waals surface area contributed by atoms with E-state index < -0.39 is 23.9 Å². The quantitative estimate of drug-likeness (QED) is 0.736. The van der Waals surface area contributed by atoms with Crippen molar-refractivity contribution in [1.29, 1.82) is 0 Å². The van der Waals surface area contributed by atoms with Gasteiger partial charge in [0.2, 0.25) is 0 Å². The van der Waals surface area contributed by atoms with Crippen molar-refractivity contribution >= 4 is 34.8 Å². The number of hydrogen-bond donors (Lipinski definition) is 0. The van der Waals surface area contributed by atoms with Gasteiger partial charge in [-0.05, 0) is 24.6 Å². The summed E-state index contributed by atoms with van der Waals surface area (Å²) in [5, 5.41) is 9.99. The number of halogens is 1. The van der Waals surface area contributed by atoms with Crippen LogP contribution in [0.4, 0.5) is 11.4 Å². The molecule has 2 aliphatic rings. The zero-order valence-electron chi connectivity index (χ0n) is 15.4. The number of methoxy groups -OCH3 is 2. The number of amides is 2. The highest BCUT2D eigenvalue weighted by atomic mass is 35.5. The molecular weight excluding hydrogens is 384 g/mol. The summed E-state index contributed by atoms with van der Waals surface area (Å²) in [5.41, 5.74) is 1.81. The molecule has 1 saturated heterocycles. The second-order valence-corrected chi connectivity index (χ2v) is 6.86. The summed E-state index contributed by atoms with van der Waals surface area (Å²) in [6.07, 6.45) is 0. The minimum Gasteiger partial charge on any atom is -0.497 e. The Morgan fingerprint density at radius 3 is 2.25 bits per heavy atom. The van der Waals surface area contributed by atoms with E-state index in [1.807, 2.05) is 6.92 Å². The van der Waals surface area contributed by atoms with Gasteiger partial charge in [0.15, 0.2) is 12.1 Å². The predicted molar refractivity (Wildman–Crippen MR) is 103 cm³/mol. The van der Waals surface area contributed by atoms with Gasteiger partial charge in [-0.15, -0.1) is 0 Å². The molecule has 2 heterocycles. The topological polar surface area (TPSA) is 83.8 Å². The molecule has 8 nitrogen and oxygen atoms in total. The van der Waals surface area contributed by atoms with E-state index in [2.05, 4.69) is 10.3 Å². The number of carbonyl (C=O) groups excluding carboxylic acids is 2. The Morgan fingerprint density at radius 1 is 0.964 bits per heavy atom. The highest BCUT2D eigenvalue weighted by molar-refractivity contribution is 6.32. The van der Waals surface area contributed by atoms with E-state index in [4.69, 9.17) is 21.1 Å². The Balaban J connectivity index is 1.71. The Morgan fingerprint density at radius 2 is 1.64 bits per heavy atom. The Bertz CT molecular complexity index is 987. The van der Waals surface area contributed by atoms with Crippen molar-refractivity contribution in [1.82, 2.24) is 0 Å². The molecule has 2 aromatic rings. The SMILES string of the molecule is COc1cc(OC)cc(N2N=N[C@@H]3C(=O)N(c4ccc(C)c(Cl)c4)C(=O)[C@@H]32)c1. The van der Waals surface area contributed by atoms with E-state index in [0.29, 0.717) is 27.9 Å². The van der Waals surface area contributed by atoms with Crippen LogP contribution in [0.3, 0.4) is 0 Å². The second-order valence-electron chi connectivity index (χ2n) is 6.46. The van der Waals surface area contributed by atoms with Gasteiger partial charge in [0.25, 0.3) is 11.8 Å². The normalized spacial score (nSPS) is 20.7. The maximum Gasteiger partial charge on any atom is 0.263 e. The highest BCUT2D eigenvalue weighted by Gasteiger charge is 2.55. The number of carbonyl (C=O) groups is 2. The van der Waals surface area contributed by atoms with Crippen LogP contribution in [0, 0.1) is 6.92 Å². The number of aryl methyl sites for hydroxylation is 1. The number of hydrogen-bond acceptors (Lipinski definition) is 7. The molecule has 0 radical (unpaired) electrons. The standard InChI is InChI=1S/C19H17ClN4O4/c1-10-4-5-11(8-15(10)20)23-18(25)16-17(19(23)26)24(22-21-16)12-6-13(27-2)9-14(7-12)28-3/h4-9,16-17H,1-3H3/t16-,17+/m0/s1. The zero-order chi connectivity index (χ0) is 20.0. The molecule has 2 atom stereocenters. The monoisotopic (exact) mass is 400 g/mol. The van der Waals surface area contributed by atoms with Gasteiger partial charge < -0.3 is 9.47 Å². The lowest BCUT2D eigenvalue weighted by Crippen LogP contribution is -2.39. The maximum atomic E-state index is 13.1. The van der Waals surface area contributed by atoms with Gasteiger partial charge in [0.05, 0.1) is 25.6 Å². The van der Waals surface area contributed by atoms with Crippen molar-refractivity contribution in [2.75, 3.05) is 24.1 Å². The molecule has 9 heteroatoms. The molecule has 0 saturated carbocycles. The average molecular weight is 401 g/mol. The van der Waals surface area contributed by atoms with Gasteiger partial charge in [-0.3, -0.25) is 9.59 Å². The van der Waals surface area contributed by atoms with Gasteiger partial charge >= 0.3 is 0 Å². The molecule has 0 unspecified atom stereocenters. The first kappa shape index (κ1) is 18.2. The summed E-state index contributed by atoms with van der Waals surface area (Å²) in [6.45, 7) is 1.85. The smallest absolute Gasteiger partial charge is 0.263 e. The van der Waals surface area contributed by atoms with E-state index in [1.54, 1.807) is 36.4 Å². The van der Waals surface area contributed by atoms with Crippen LogP contribution in [0.5, 0.6) is 11.5 Å². The largest absolute Gasteiger partial charge is 0.497 e. The molecule has 0 spiro atoms.